The van der Waals surface area contributed by atoms with Crippen molar-refractivity contribution >= 4 is 5.69 Å². The zero-order chi connectivity index (χ0) is 16.2. The summed E-state index contributed by atoms with van der Waals surface area (Å²) >= 11 is 0. The molecule has 4 heteroatoms. The van der Waals surface area contributed by atoms with Gasteiger partial charge < -0.3 is 9.64 Å². The number of halogens is 1. The number of hydrogen-bond acceptors (Lipinski definition) is 3. The summed E-state index contributed by atoms with van der Waals surface area (Å²) in [6, 6.07) is 13.2. The number of aryl methyl sites for hydroxylation is 1. The Hall–Kier alpha value is -2.07. The molecule has 0 spiro atoms. The lowest BCUT2D eigenvalue weighted by atomic mass is 10.1. The van der Waals surface area contributed by atoms with Crippen molar-refractivity contribution in [1.29, 1.82) is 0 Å². The van der Waals surface area contributed by atoms with Gasteiger partial charge in [-0.15, -0.1) is 0 Å². The SMILES string of the molecule is COc1ccc(CN2CCN(c3ccc(F)cc3)CC2)cc1C. The quantitative estimate of drug-likeness (QED) is 0.859. The minimum absolute atomic E-state index is 0.178. The van der Waals surface area contributed by atoms with E-state index in [1.54, 1.807) is 7.11 Å². The van der Waals surface area contributed by atoms with Gasteiger partial charge in [0.25, 0.3) is 0 Å². The second kappa shape index (κ2) is 7.01. The fourth-order valence-corrected chi connectivity index (χ4v) is 3.11. The Labute approximate surface area is 137 Å². The van der Waals surface area contributed by atoms with E-state index in [1.165, 1.54) is 23.3 Å². The monoisotopic (exact) mass is 314 g/mol. The van der Waals surface area contributed by atoms with E-state index in [2.05, 4.69) is 28.9 Å². The molecule has 0 radical (unpaired) electrons. The molecule has 3 nitrogen and oxygen atoms in total. The van der Waals surface area contributed by atoms with Crippen LogP contribution in [0.2, 0.25) is 0 Å². The average molecular weight is 314 g/mol. The number of methoxy groups -OCH3 is 1. The van der Waals surface area contributed by atoms with Crippen LogP contribution in [0.4, 0.5) is 10.1 Å². The van der Waals surface area contributed by atoms with E-state index < -0.39 is 0 Å². The second-order valence-corrected chi connectivity index (χ2v) is 6.04. The fraction of sp³-hybridized carbons (Fsp3) is 0.368. The third-order valence-corrected chi connectivity index (χ3v) is 4.43. The van der Waals surface area contributed by atoms with Crippen molar-refractivity contribution in [2.75, 3.05) is 38.2 Å². The van der Waals surface area contributed by atoms with E-state index in [0.29, 0.717) is 0 Å². The highest BCUT2D eigenvalue weighted by Crippen LogP contribution is 2.21. The Bertz CT molecular complexity index is 649. The van der Waals surface area contributed by atoms with Crippen molar-refractivity contribution in [1.82, 2.24) is 4.90 Å². The second-order valence-electron chi connectivity index (χ2n) is 6.04. The van der Waals surface area contributed by atoms with Crippen LogP contribution in [0.5, 0.6) is 5.75 Å². The molecular formula is C19H23FN2O. The van der Waals surface area contributed by atoms with Crippen molar-refractivity contribution in [2.45, 2.75) is 13.5 Å². The molecule has 3 rings (SSSR count). The summed E-state index contributed by atoms with van der Waals surface area (Å²) in [4.78, 5) is 4.77. The van der Waals surface area contributed by atoms with Crippen LogP contribution in [0.25, 0.3) is 0 Å². The Morgan fingerprint density at radius 3 is 2.30 bits per heavy atom. The first-order valence-corrected chi connectivity index (χ1v) is 8.02. The maximum Gasteiger partial charge on any atom is 0.123 e. The predicted molar refractivity (Wildman–Crippen MR) is 91.6 cm³/mol. The largest absolute Gasteiger partial charge is 0.496 e. The van der Waals surface area contributed by atoms with Gasteiger partial charge in [-0.1, -0.05) is 12.1 Å². The van der Waals surface area contributed by atoms with E-state index in [9.17, 15) is 4.39 Å². The molecule has 0 aliphatic carbocycles. The summed E-state index contributed by atoms with van der Waals surface area (Å²) in [5, 5.41) is 0. The van der Waals surface area contributed by atoms with Crippen LogP contribution in [0.3, 0.4) is 0 Å². The molecular weight excluding hydrogens is 291 g/mol. The predicted octanol–water partition coefficient (Wildman–Crippen LogP) is 3.46. The molecule has 0 bridgehead atoms. The van der Waals surface area contributed by atoms with Gasteiger partial charge in [0.1, 0.15) is 11.6 Å². The van der Waals surface area contributed by atoms with E-state index in [4.69, 9.17) is 4.74 Å². The number of ether oxygens (including phenoxy) is 1. The maximum atomic E-state index is 13.0. The Kier molecular flexibility index (Phi) is 4.82. The van der Waals surface area contributed by atoms with Crippen LogP contribution >= 0.6 is 0 Å². The summed E-state index contributed by atoms with van der Waals surface area (Å²) in [7, 11) is 1.71. The number of piperazine rings is 1. The molecule has 2 aromatic rings. The maximum absolute atomic E-state index is 13.0. The molecule has 1 heterocycles. The number of hydrogen-bond donors (Lipinski definition) is 0. The van der Waals surface area contributed by atoms with Crippen LogP contribution in [-0.4, -0.2) is 38.2 Å². The number of benzene rings is 2. The van der Waals surface area contributed by atoms with Gasteiger partial charge in [-0.25, -0.2) is 4.39 Å². The fourth-order valence-electron chi connectivity index (χ4n) is 3.11. The molecule has 0 atom stereocenters. The van der Waals surface area contributed by atoms with Gasteiger partial charge in [-0.2, -0.15) is 0 Å². The van der Waals surface area contributed by atoms with Crippen molar-refractivity contribution < 1.29 is 9.13 Å². The molecule has 1 aliphatic rings. The lowest BCUT2D eigenvalue weighted by Gasteiger charge is -2.36. The van der Waals surface area contributed by atoms with Gasteiger partial charge >= 0.3 is 0 Å². The summed E-state index contributed by atoms with van der Waals surface area (Å²) in [6.45, 7) is 7.02. The van der Waals surface area contributed by atoms with E-state index in [0.717, 1.165) is 44.2 Å². The van der Waals surface area contributed by atoms with Crippen LogP contribution < -0.4 is 9.64 Å². The summed E-state index contributed by atoms with van der Waals surface area (Å²) in [5.41, 5.74) is 3.60. The first-order valence-electron chi connectivity index (χ1n) is 8.02. The highest BCUT2D eigenvalue weighted by Gasteiger charge is 2.17. The van der Waals surface area contributed by atoms with E-state index in [1.807, 2.05) is 18.2 Å². The van der Waals surface area contributed by atoms with Crippen molar-refractivity contribution in [3.05, 3.63) is 59.4 Å². The van der Waals surface area contributed by atoms with Crippen LogP contribution in [0.1, 0.15) is 11.1 Å². The van der Waals surface area contributed by atoms with Gasteiger partial charge in [-0.05, 0) is 48.4 Å². The average Bonchev–Trinajstić information content (AvgIpc) is 2.57. The first kappa shape index (κ1) is 15.8. The molecule has 0 saturated carbocycles. The highest BCUT2D eigenvalue weighted by molar-refractivity contribution is 5.46. The Morgan fingerprint density at radius 1 is 1.00 bits per heavy atom. The number of nitrogens with zero attached hydrogens (tertiary/aromatic N) is 2. The summed E-state index contributed by atoms with van der Waals surface area (Å²) in [6.07, 6.45) is 0. The third-order valence-electron chi connectivity index (χ3n) is 4.43. The lowest BCUT2D eigenvalue weighted by Crippen LogP contribution is -2.45. The van der Waals surface area contributed by atoms with Crippen molar-refractivity contribution in [2.24, 2.45) is 0 Å². The minimum Gasteiger partial charge on any atom is -0.496 e. The smallest absolute Gasteiger partial charge is 0.123 e. The summed E-state index contributed by atoms with van der Waals surface area (Å²) in [5.74, 6) is 0.761. The highest BCUT2D eigenvalue weighted by atomic mass is 19.1. The van der Waals surface area contributed by atoms with Gasteiger partial charge in [-0.3, -0.25) is 4.90 Å². The first-order chi connectivity index (χ1) is 11.2. The van der Waals surface area contributed by atoms with Gasteiger partial charge in [0.05, 0.1) is 7.11 Å². The number of anilines is 1. The molecule has 1 saturated heterocycles. The molecule has 0 amide bonds. The summed E-state index contributed by atoms with van der Waals surface area (Å²) < 4.78 is 18.3. The molecule has 1 aliphatic heterocycles. The molecule has 122 valence electrons. The topological polar surface area (TPSA) is 15.7 Å². The van der Waals surface area contributed by atoms with Crippen molar-refractivity contribution in [3.8, 4) is 5.75 Å². The molecule has 1 fully saturated rings. The Balaban J connectivity index is 1.56. The van der Waals surface area contributed by atoms with Gasteiger partial charge in [0.15, 0.2) is 0 Å². The lowest BCUT2D eigenvalue weighted by molar-refractivity contribution is 0.249. The van der Waals surface area contributed by atoms with Crippen LogP contribution in [0, 0.1) is 12.7 Å². The normalized spacial score (nSPS) is 15.7. The minimum atomic E-state index is -0.178. The number of rotatable bonds is 4. The Morgan fingerprint density at radius 2 is 1.70 bits per heavy atom. The van der Waals surface area contributed by atoms with Crippen molar-refractivity contribution in [3.63, 3.8) is 0 Å². The van der Waals surface area contributed by atoms with Gasteiger partial charge in [0.2, 0.25) is 0 Å². The van der Waals surface area contributed by atoms with Crippen LogP contribution in [0.15, 0.2) is 42.5 Å². The molecule has 2 aromatic carbocycles. The molecule has 0 N–H and O–H groups in total. The zero-order valence-electron chi connectivity index (χ0n) is 13.8. The van der Waals surface area contributed by atoms with E-state index in [-0.39, 0.29) is 5.82 Å². The molecule has 23 heavy (non-hydrogen) atoms. The zero-order valence-corrected chi connectivity index (χ0v) is 13.8. The molecule has 0 aromatic heterocycles. The standard InChI is InChI=1S/C19H23FN2O/c1-15-13-16(3-8-19(15)23-2)14-21-9-11-22(12-10-21)18-6-4-17(20)5-7-18/h3-8,13H,9-12,14H2,1-2H3. The molecule has 0 unspecified atom stereocenters. The van der Waals surface area contributed by atoms with Gasteiger partial charge in [0, 0.05) is 38.4 Å². The third kappa shape index (κ3) is 3.82. The van der Waals surface area contributed by atoms with E-state index >= 15 is 0 Å². The van der Waals surface area contributed by atoms with Crippen LogP contribution in [-0.2, 0) is 6.54 Å².